The van der Waals surface area contributed by atoms with Crippen LogP contribution in [0.4, 0.5) is 0 Å². The minimum absolute atomic E-state index is 0. The first kappa shape index (κ1) is 29.9. The maximum Gasteiger partial charge on any atom is 0.244 e. The molecule has 38 heavy (non-hydrogen) atoms. The van der Waals surface area contributed by atoms with Crippen LogP contribution in [0, 0.1) is 0 Å². The van der Waals surface area contributed by atoms with Crippen LogP contribution in [0.25, 0.3) is 22.8 Å². The van der Waals surface area contributed by atoms with Crippen LogP contribution < -0.4 is 21.5 Å². The Kier molecular flexibility index (Phi) is 13.4. The van der Waals surface area contributed by atoms with Crippen molar-refractivity contribution in [1.29, 1.82) is 0 Å². The number of halogens is 1. The van der Waals surface area contributed by atoms with Gasteiger partial charge in [0.05, 0.1) is 12.7 Å². The van der Waals surface area contributed by atoms with Crippen LogP contribution in [0.2, 0.25) is 0 Å². The fraction of sp³-hybridized carbons (Fsp3) is 0.455. The fourth-order valence-corrected chi connectivity index (χ4v) is 4.91. The van der Waals surface area contributed by atoms with Gasteiger partial charge in [-0.15, -0.1) is 0 Å². The molecule has 0 saturated heterocycles. The zero-order valence-electron chi connectivity index (χ0n) is 23.0. The van der Waals surface area contributed by atoms with E-state index in [0.29, 0.717) is 5.89 Å². The summed E-state index contributed by atoms with van der Waals surface area (Å²) >= 11 is 0. The summed E-state index contributed by atoms with van der Waals surface area (Å²) in [6, 6.07) is 18.6. The molecule has 4 nitrogen and oxygen atoms in total. The van der Waals surface area contributed by atoms with Gasteiger partial charge in [0.25, 0.3) is 0 Å². The molecule has 0 atom stereocenters. The van der Waals surface area contributed by atoms with Crippen LogP contribution in [0.3, 0.4) is 0 Å². The maximum atomic E-state index is 5.99. The van der Waals surface area contributed by atoms with E-state index in [1.165, 1.54) is 82.6 Å². The topological polar surface area (TPSA) is 34.8 Å². The average molecular weight is 579 g/mol. The monoisotopic (exact) mass is 577 g/mol. The Bertz CT molecular complexity index is 1150. The van der Waals surface area contributed by atoms with Gasteiger partial charge < -0.3 is 21.4 Å². The van der Waals surface area contributed by atoms with Crippen molar-refractivity contribution in [3.8, 4) is 22.8 Å². The van der Waals surface area contributed by atoms with Crippen LogP contribution in [0.5, 0.6) is 0 Å². The van der Waals surface area contributed by atoms with Crippen molar-refractivity contribution >= 4 is 0 Å². The lowest BCUT2D eigenvalue weighted by Gasteiger charge is -2.02. The van der Waals surface area contributed by atoms with Gasteiger partial charge in [0, 0.05) is 11.1 Å². The quantitative estimate of drug-likeness (QED) is 0.116. The Labute approximate surface area is 239 Å². The summed E-state index contributed by atoms with van der Waals surface area (Å²) in [4.78, 5) is 4.48. The first-order chi connectivity index (χ1) is 18.3. The van der Waals surface area contributed by atoms with Crippen molar-refractivity contribution in [2.45, 2.75) is 97.1 Å². The second kappa shape index (κ2) is 17.0. The molecule has 0 bridgehead atoms. The van der Waals surface area contributed by atoms with Crippen LogP contribution in [-0.4, -0.2) is 9.55 Å². The fourth-order valence-electron chi connectivity index (χ4n) is 4.91. The van der Waals surface area contributed by atoms with Crippen molar-refractivity contribution in [2.24, 2.45) is 0 Å². The third-order valence-electron chi connectivity index (χ3n) is 7.15. The molecular formula is C33H44BrN3O. The zero-order chi connectivity index (χ0) is 25.5. The number of aryl methyl sites for hydroxylation is 1. The van der Waals surface area contributed by atoms with Crippen molar-refractivity contribution < 1.29 is 26.0 Å². The Morgan fingerprint density at radius 3 is 2.03 bits per heavy atom. The lowest BCUT2D eigenvalue weighted by Crippen LogP contribution is -3.00. The number of hydrogen-bond donors (Lipinski definition) is 0. The summed E-state index contributed by atoms with van der Waals surface area (Å²) in [5.41, 5.74) is 3.31. The van der Waals surface area contributed by atoms with E-state index in [2.05, 4.69) is 64.0 Å². The molecule has 2 aromatic heterocycles. The molecule has 4 aromatic rings. The second-order valence-corrected chi connectivity index (χ2v) is 10.3. The first-order valence-electron chi connectivity index (χ1n) is 14.5. The van der Waals surface area contributed by atoms with Gasteiger partial charge in [0.1, 0.15) is 18.9 Å². The normalized spacial score (nSPS) is 11.0. The molecule has 0 aliphatic heterocycles. The number of nitrogens with zero attached hydrogens (tertiary/aromatic N) is 3. The van der Waals surface area contributed by atoms with Crippen LogP contribution >= 0.6 is 0 Å². The summed E-state index contributed by atoms with van der Waals surface area (Å²) in [7, 11) is 0. The summed E-state index contributed by atoms with van der Waals surface area (Å²) < 4.78 is 10.6. The van der Waals surface area contributed by atoms with Crippen LogP contribution in [0.1, 0.15) is 89.5 Å². The maximum absolute atomic E-state index is 5.99. The standard InChI is InChI=1S/C33H44N3O.BrH/c1-2-3-4-5-6-7-8-9-10-11-12-16-23-35-24-25-36(28-35)27-29-19-21-31(22-20-29)33-34-26-32(37-33)30-17-14-13-15-18-30;/h13-15,17-22,24-26,28H,2-12,16,23,27H2,1H3;1H/q+1;/p-1. The molecule has 0 unspecified atom stereocenters. The third-order valence-corrected chi connectivity index (χ3v) is 7.15. The molecule has 2 aromatic carbocycles. The molecule has 0 fully saturated rings. The number of hydrogen-bond acceptors (Lipinski definition) is 2. The highest BCUT2D eigenvalue weighted by Crippen LogP contribution is 2.26. The molecule has 2 heterocycles. The smallest absolute Gasteiger partial charge is 0.244 e. The van der Waals surface area contributed by atoms with E-state index < -0.39 is 0 Å². The minimum Gasteiger partial charge on any atom is -1.00 e. The van der Waals surface area contributed by atoms with Crippen molar-refractivity contribution in [3.63, 3.8) is 0 Å². The number of aromatic nitrogens is 3. The van der Waals surface area contributed by atoms with E-state index in [-0.39, 0.29) is 17.0 Å². The van der Waals surface area contributed by atoms with E-state index in [4.69, 9.17) is 4.42 Å². The molecule has 0 aliphatic carbocycles. The summed E-state index contributed by atoms with van der Waals surface area (Å²) in [6.07, 6.45) is 25.1. The molecule has 204 valence electrons. The SMILES string of the molecule is CCCCCCCCCCCCCCn1cc[n+](Cc2ccc(-c3ncc(-c4ccccc4)o3)cc2)c1.[Br-]. The van der Waals surface area contributed by atoms with Crippen molar-refractivity contribution in [2.75, 3.05) is 0 Å². The number of benzene rings is 2. The van der Waals surface area contributed by atoms with Gasteiger partial charge in [-0.25, -0.2) is 14.1 Å². The second-order valence-electron chi connectivity index (χ2n) is 10.3. The third kappa shape index (κ3) is 9.90. The predicted octanol–water partition coefficient (Wildman–Crippen LogP) is 5.85. The number of unbranched alkanes of at least 4 members (excludes halogenated alkanes) is 11. The minimum atomic E-state index is 0. The molecule has 0 N–H and O–H groups in total. The zero-order valence-corrected chi connectivity index (χ0v) is 24.6. The van der Waals surface area contributed by atoms with Gasteiger partial charge in [-0.05, 0) is 30.5 Å². The molecule has 4 rings (SSSR count). The van der Waals surface area contributed by atoms with E-state index >= 15 is 0 Å². The average Bonchev–Trinajstić information content (AvgIpc) is 3.60. The molecular weight excluding hydrogens is 534 g/mol. The van der Waals surface area contributed by atoms with Crippen molar-refractivity contribution in [3.05, 3.63) is 85.1 Å². The van der Waals surface area contributed by atoms with Gasteiger partial charge in [-0.2, -0.15) is 0 Å². The molecule has 0 amide bonds. The van der Waals surface area contributed by atoms with Gasteiger partial charge in [-0.1, -0.05) is 114 Å². The van der Waals surface area contributed by atoms with Crippen LogP contribution in [0.15, 0.2) is 83.9 Å². The molecule has 0 saturated carbocycles. The largest absolute Gasteiger partial charge is 1.00 e. The predicted molar refractivity (Wildman–Crippen MR) is 152 cm³/mol. The highest BCUT2D eigenvalue weighted by atomic mass is 79.9. The summed E-state index contributed by atoms with van der Waals surface area (Å²) in [6.45, 7) is 4.26. The van der Waals surface area contributed by atoms with Gasteiger partial charge in [-0.3, -0.25) is 0 Å². The summed E-state index contributed by atoms with van der Waals surface area (Å²) in [5, 5.41) is 0. The molecule has 5 heteroatoms. The Hall–Kier alpha value is -2.66. The van der Waals surface area contributed by atoms with E-state index in [9.17, 15) is 0 Å². The van der Waals surface area contributed by atoms with Gasteiger partial charge in [0.15, 0.2) is 5.76 Å². The number of rotatable bonds is 17. The van der Waals surface area contributed by atoms with Gasteiger partial charge >= 0.3 is 0 Å². The Morgan fingerprint density at radius 1 is 0.737 bits per heavy atom. The summed E-state index contributed by atoms with van der Waals surface area (Å²) in [5.74, 6) is 1.45. The first-order valence-corrected chi connectivity index (χ1v) is 14.5. The lowest BCUT2D eigenvalue weighted by molar-refractivity contribution is -0.687. The molecule has 0 radical (unpaired) electrons. The van der Waals surface area contributed by atoms with E-state index in [1.54, 1.807) is 6.20 Å². The van der Waals surface area contributed by atoms with E-state index in [1.807, 2.05) is 30.3 Å². The highest BCUT2D eigenvalue weighted by molar-refractivity contribution is 5.61. The van der Waals surface area contributed by atoms with E-state index in [0.717, 1.165) is 30.0 Å². The van der Waals surface area contributed by atoms with Crippen molar-refractivity contribution in [1.82, 2.24) is 9.55 Å². The molecule has 0 spiro atoms. The number of imidazole rings is 1. The number of oxazole rings is 1. The Morgan fingerprint density at radius 2 is 1.37 bits per heavy atom. The van der Waals surface area contributed by atoms with Gasteiger partial charge in [0.2, 0.25) is 12.2 Å². The Balaban J connectivity index is 0.00000400. The van der Waals surface area contributed by atoms with Crippen LogP contribution in [-0.2, 0) is 13.1 Å². The molecule has 0 aliphatic rings. The highest BCUT2D eigenvalue weighted by Gasteiger charge is 2.10. The lowest BCUT2D eigenvalue weighted by atomic mass is 10.1.